The van der Waals surface area contributed by atoms with Crippen molar-refractivity contribution in [2.45, 2.75) is 27.2 Å². The van der Waals surface area contributed by atoms with Crippen LogP contribution < -0.4 is 5.32 Å². The molecule has 1 aliphatic rings. The first kappa shape index (κ1) is 15.0. The average Bonchev–Trinajstić information content (AvgIpc) is 3.03. The molecule has 1 saturated carbocycles. The van der Waals surface area contributed by atoms with E-state index in [1.807, 2.05) is 26.8 Å². The second kappa shape index (κ2) is 5.68. The maximum absolute atomic E-state index is 11.8. The summed E-state index contributed by atoms with van der Waals surface area (Å²) >= 11 is 1.42. The van der Waals surface area contributed by atoms with E-state index in [1.165, 1.54) is 16.9 Å². The molecule has 0 aliphatic heterocycles. The lowest BCUT2D eigenvalue weighted by atomic mass is 10.1. The van der Waals surface area contributed by atoms with Crippen LogP contribution in [0.5, 0.6) is 0 Å². The van der Waals surface area contributed by atoms with E-state index in [9.17, 15) is 9.59 Å². The molecule has 0 unspecified atom stereocenters. The van der Waals surface area contributed by atoms with Gasteiger partial charge in [0.05, 0.1) is 16.1 Å². The normalized spacial score (nSPS) is 20.0. The Bertz CT molecular complexity index is 753. The number of fused-ring (bicyclic) bond motifs is 1. The number of carbonyl (C=O) groups is 2. The predicted octanol–water partition coefficient (Wildman–Crippen LogP) is 3.05. The van der Waals surface area contributed by atoms with Crippen LogP contribution in [0, 0.1) is 25.7 Å². The maximum atomic E-state index is 11.8. The number of esters is 1. The van der Waals surface area contributed by atoms with Crippen molar-refractivity contribution in [2.75, 3.05) is 11.9 Å². The molecule has 1 amide bonds. The highest BCUT2D eigenvalue weighted by Crippen LogP contribution is 2.38. The number of nitrogens with one attached hydrogen (secondary N) is 1. The SMILES string of the molecule is Cc1cc(C)c2nc(NC(=O)COC(=O)[C@@H]3C[C@@H]3C)sc2c1. The fourth-order valence-corrected chi connectivity index (χ4v) is 3.53. The van der Waals surface area contributed by atoms with Gasteiger partial charge >= 0.3 is 5.97 Å². The third-order valence-electron chi connectivity index (χ3n) is 3.83. The molecule has 0 bridgehead atoms. The standard InChI is InChI=1S/C16H18N2O3S/c1-8-4-10(3)14-12(5-8)22-16(18-14)17-13(19)7-21-15(20)11-6-9(11)2/h4-5,9,11H,6-7H2,1-3H3,(H,17,18,19)/t9-,11+/m0/s1. The largest absolute Gasteiger partial charge is 0.455 e. The molecule has 0 spiro atoms. The van der Waals surface area contributed by atoms with E-state index in [-0.39, 0.29) is 24.4 Å². The molecule has 1 N–H and O–H groups in total. The first-order valence-electron chi connectivity index (χ1n) is 7.28. The van der Waals surface area contributed by atoms with Gasteiger partial charge in [0.2, 0.25) is 0 Å². The van der Waals surface area contributed by atoms with Gasteiger partial charge in [-0.25, -0.2) is 4.98 Å². The molecule has 0 radical (unpaired) electrons. The number of ether oxygens (including phenoxy) is 1. The van der Waals surface area contributed by atoms with Gasteiger partial charge in [0, 0.05) is 0 Å². The second-order valence-electron chi connectivity index (χ2n) is 5.92. The highest BCUT2D eigenvalue weighted by molar-refractivity contribution is 7.22. The topological polar surface area (TPSA) is 68.3 Å². The number of amides is 1. The number of hydrogen-bond donors (Lipinski definition) is 1. The zero-order chi connectivity index (χ0) is 15.9. The van der Waals surface area contributed by atoms with E-state index < -0.39 is 0 Å². The number of aryl methyl sites for hydroxylation is 2. The summed E-state index contributed by atoms with van der Waals surface area (Å²) in [5.41, 5.74) is 3.15. The molecule has 6 heteroatoms. The fraction of sp³-hybridized carbons (Fsp3) is 0.438. The van der Waals surface area contributed by atoms with E-state index >= 15 is 0 Å². The molecule has 1 fully saturated rings. The van der Waals surface area contributed by atoms with Crippen LogP contribution in [-0.4, -0.2) is 23.5 Å². The summed E-state index contributed by atoms with van der Waals surface area (Å²) in [4.78, 5) is 27.9. The number of thiazole rings is 1. The third-order valence-corrected chi connectivity index (χ3v) is 4.75. The van der Waals surface area contributed by atoms with Gasteiger partial charge in [-0.15, -0.1) is 0 Å². The van der Waals surface area contributed by atoms with E-state index in [2.05, 4.69) is 16.4 Å². The first-order chi connectivity index (χ1) is 10.4. The Balaban J connectivity index is 1.61. The summed E-state index contributed by atoms with van der Waals surface area (Å²) in [5.74, 6) is -0.277. The highest BCUT2D eigenvalue weighted by Gasteiger charge is 2.40. The second-order valence-corrected chi connectivity index (χ2v) is 6.95. The van der Waals surface area contributed by atoms with E-state index in [0.717, 1.165) is 22.2 Å². The molecule has 22 heavy (non-hydrogen) atoms. The van der Waals surface area contributed by atoms with Crippen LogP contribution >= 0.6 is 11.3 Å². The zero-order valence-corrected chi connectivity index (χ0v) is 13.6. The van der Waals surface area contributed by atoms with Gasteiger partial charge in [-0.3, -0.25) is 14.9 Å². The monoisotopic (exact) mass is 318 g/mol. The van der Waals surface area contributed by atoms with Crippen LogP contribution in [0.15, 0.2) is 12.1 Å². The molecule has 1 aromatic carbocycles. The van der Waals surface area contributed by atoms with Gasteiger partial charge in [-0.2, -0.15) is 0 Å². The number of rotatable bonds is 4. The van der Waals surface area contributed by atoms with Crippen molar-refractivity contribution in [3.8, 4) is 0 Å². The van der Waals surface area contributed by atoms with Crippen molar-refractivity contribution < 1.29 is 14.3 Å². The van der Waals surface area contributed by atoms with E-state index in [1.54, 1.807) is 0 Å². The Kier molecular flexibility index (Phi) is 3.87. The average molecular weight is 318 g/mol. The molecular weight excluding hydrogens is 300 g/mol. The summed E-state index contributed by atoms with van der Waals surface area (Å²) in [7, 11) is 0. The van der Waals surface area contributed by atoms with Gasteiger partial charge in [0.15, 0.2) is 11.7 Å². The van der Waals surface area contributed by atoms with Crippen molar-refractivity contribution in [1.29, 1.82) is 0 Å². The van der Waals surface area contributed by atoms with Crippen molar-refractivity contribution in [1.82, 2.24) is 4.98 Å². The Hall–Kier alpha value is -1.95. The summed E-state index contributed by atoms with van der Waals surface area (Å²) < 4.78 is 6.05. The van der Waals surface area contributed by atoms with Crippen molar-refractivity contribution >= 4 is 38.6 Å². The number of carbonyl (C=O) groups excluding carboxylic acids is 2. The Morgan fingerprint density at radius 3 is 2.82 bits per heavy atom. The van der Waals surface area contributed by atoms with E-state index in [0.29, 0.717) is 11.0 Å². The highest BCUT2D eigenvalue weighted by atomic mass is 32.1. The van der Waals surface area contributed by atoms with Gasteiger partial charge in [-0.05, 0) is 43.4 Å². The lowest BCUT2D eigenvalue weighted by molar-refractivity contribution is -0.148. The van der Waals surface area contributed by atoms with Crippen LogP contribution in [0.1, 0.15) is 24.5 Å². The molecule has 1 aromatic heterocycles. The molecule has 2 atom stereocenters. The predicted molar refractivity (Wildman–Crippen MR) is 86.0 cm³/mol. The van der Waals surface area contributed by atoms with Gasteiger partial charge in [0.1, 0.15) is 0 Å². The lowest BCUT2D eigenvalue weighted by Crippen LogP contribution is -2.21. The molecule has 116 valence electrons. The van der Waals surface area contributed by atoms with Crippen molar-refractivity contribution in [3.63, 3.8) is 0 Å². The fourth-order valence-electron chi connectivity index (χ4n) is 2.47. The summed E-state index contributed by atoms with van der Waals surface area (Å²) in [5, 5.41) is 3.23. The van der Waals surface area contributed by atoms with Crippen LogP contribution in [0.4, 0.5) is 5.13 Å². The van der Waals surface area contributed by atoms with Crippen molar-refractivity contribution in [3.05, 3.63) is 23.3 Å². The minimum absolute atomic E-state index is 0.0270. The molecule has 2 aromatic rings. The molecule has 5 nitrogen and oxygen atoms in total. The molecule has 3 rings (SSSR count). The van der Waals surface area contributed by atoms with Gasteiger partial charge in [-0.1, -0.05) is 24.3 Å². The molecule has 0 saturated heterocycles. The number of aromatic nitrogens is 1. The summed E-state index contributed by atoms with van der Waals surface area (Å²) in [6.45, 7) is 5.77. The maximum Gasteiger partial charge on any atom is 0.309 e. The van der Waals surface area contributed by atoms with Gasteiger partial charge < -0.3 is 4.74 Å². The lowest BCUT2D eigenvalue weighted by Gasteiger charge is -2.03. The number of nitrogens with zero attached hydrogens (tertiary/aromatic N) is 1. The number of hydrogen-bond acceptors (Lipinski definition) is 5. The third kappa shape index (κ3) is 3.11. The first-order valence-corrected chi connectivity index (χ1v) is 8.10. The molecule has 1 aliphatic carbocycles. The van der Waals surface area contributed by atoms with E-state index in [4.69, 9.17) is 4.74 Å². The number of benzene rings is 1. The van der Waals surface area contributed by atoms with Crippen LogP contribution in [0.2, 0.25) is 0 Å². The van der Waals surface area contributed by atoms with Crippen LogP contribution in [-0.2, 0) is 14.3 Å². The quantitative estimate of drug-likeness (QED) is 0.880. The minimum Gasteiger partial charge on any atom is -0.455 e. The minimum atomic E-state index is -0.352. The summed E-state index contributed by atoms with van der Waals surface area (Å²) in [6, 6.07) is 4.11. The zero-order valence-electron chi connectivity index (χ0n) is 12.8. The number of anilines is 1. The Morgan fingerprint density at radius 2 is 2.14 bits per heavy atom. The summed E-state index contributed by atoms with van der Waals surface area (Å²) in [6.07, 6.45) is 0.858. The van der Waals surface area contributed by atoms with Crippen LogP contribution in [0.3, 0.4) is 0 Å². The Morgan fingerprint density at radius 1 is 1.41 bits per heavy atom. The van der Waals surface area contributed by atoms with Crippen molar-refractivity contribution in [2.24, 2.45) is 11.8 Å². The Labute approximate surface area is 132 Å². The molecular formula is C16H18N2O3S. The van der Waals surface area contributed by atoms with Crippen LogP contribution in [0.25, 0.3) is 10.2 Å². The van der Waals surface area contributed by atoms with Gasteiger partial charge in [0.25, 0.3) is 5.91 Å². The smallest absolute Gasteiger partial charge is 0.309 e. The molecule has 1 heterocycles.